The molecule has 1 atom stereocenters. The molecular formula is C20H23NO5S. The van der Waals surface area contributed by atoms with Crippen molar-refractivity contribution in [1.29, 1.82) is 0 Å². The molecule has 7 heteroatoms. The number of amides is 1. The highest BCUT2D eigenvalue weighted by Crippen LogP contribution is 2.22. The minimum Gasteiger partial charge on any atom is -0.444 e. The average Bonchev–Trinajstić information content (AvgIpc) is 2.67. The van der Waals surface area contributed by atoms with Gasteiger partial charge in [0.2, 0.25) is 6.10 Å². The van der Waals surface area contributed by atoms with Crippen LogP contribution < -0.4 is 0 Å². The summed E-state index contributed by atoms with van der Waals surface area (Å²) in [5, 5.41) is 0. The Labute approximate surface area is 159 Å². The van der Waals surface area contributed by atoms with Gasteiger partial charge in [-0.25, -0.2) is 13.2 Å². The van der Waals surface area contributed by atoms with Crippen molar-refractivity contribution in [2.45, 2.75) is 24.8 Å². The molecule has 27 heavy (non-hydrogen) atoms. The van der Waals surface area contributed by atoms with Crippen LogP contribution in [0.15, 0.2) is 59.5 Å². The molecule has 0 N–H and O–H groups in total. The van der Waals surface area contributed by atoms with Crippen LogP contribution in [0.5, 0.6) is 0 Å². The number of carbonyl (C=O) groups is 2. The number of benzene rings is 2. The van der Waals surface area contributed by atoms with Crippen LogP contribution >= 0.6 is 0 Å². The Hall–Kier alpha value is -2.67. The van der Waals surface area contributed by atoms with Gasteiger partial charge in [-0.3, -0.25) is 4.79 Å². The molecule has 2 rings (SSSR count). The molecule has 0 aliphatic rings. The second kappa shape index (κ2) is 8.81. The molecule has 0 saturated heterocycles. The number of nitrogens with zero attached hydrogens (tertiary/aromatic N) is 1. The van der Waals surface area contributed by atoms with Crippen molar-refractivity contribution in [2.75, 3.05) is 19.3 Å². The lowest BCUT2D eigenvalue weighted by Crippen LogP contribution is -2.36. The van der Waals surface area contributed by atoms with Crippen molar-refractivity contribution in [3.63, 3.8) is 0 Å². The maximum absolute atomic E-state index is 12.8. The third-order valence-corrected chi connectivity index (χ3v) is 5.27. The predicted octanol–water partition coefficient (Wildman–Crippen LogP) is 2.86. The summed E-state index contributed by atoms with van der Waals surface area (Å²) in [6.45, 7) is 4.71. The molecule has 0 bridgehead atoms. The van der Waals surface area contributed by atoms with E-state index in [0.717, 1.165) is 6.26 Å². The molecule has 2 aromatic rings. The highest BCUT2D eigenvalue weighted by atomic mass is 32.2. The van der Waals surface area contributed by atoms with Gasteiger partial charge >= 0.3 is 5.97 Å². The quantitative estimate of drug-likeness (QED) is 0.680. The van der Waals surface area contributed by atoms with E-state index in [1.807, 2.05) is 19.9 Å². The lowest BCUT2D eigenvalue weighted by atomic mass is 10.1. The highest BCUT2D eigenvalue weighted by Gasteiger charge is 2.28. The molecule has 0 aliphatic heterocycles. The zero-order chi connectivity index (χ0) is 20.0. The molecule has 0 saturated carbocycles. The van der Waals surface area contributed by atoms with Crippen LogP contribution in [0.3, 0.4) is 0 Å². The Kier molecular flexibility index (Phi) is 6.74. The molecule has 0 fully saturated rings. The van der Waals surface area contributed by atoms with Gasteiger partial charge in [-0.15, -0.1) is 0 Å². The van der Waals surface area contributed by atoms with Gasteiger partial charge < -0.3 is 9.64 Å². The number of rotatable bonds is 7. The Bertz CT molecular complexity index is 888. The lowest BCUT2D eigenvalue weighted by Gasteiger charge is -2.25. The molecule has 0 aromatic heterocycles. The van der Waals surface area contributed by atoms with Gasteiger partial charge in [-0.2, -0.15) is 0 Å². The number of hydrogen-bond acceptors (Lipinski definition) is 5. The Morgan fingerprint density at radius 3 is 2.00 bits per heavy atom. The van der Waals surface area contributed by atoms with Crippen molar-refractivity contribution in [2.24, 2.45) is 0 Å². The SMILES string of the molecule is CCN(CC)C(=O)[C@H](OC(=O)c1ccc(S(C)(=O)=O)cc1)c1ccccc1. The van der Waals surface area contributed by atoms with E-state index >= 15 is 0 Å². The summed E-state index contributed by atoms with van der Waals surface area (Å²) in [6.07, 6.45) is 0.0299. The van der Waals surface area contributed by atoms with E-state index in [0.29, 0.717) is 18.7 Å². The molecule has 0 spiro atoms. The van der Waals surface area contributed by atoms with E-state index in [1.165, 1.54) is 24.3 Å². The van der Waals surface area contributed by atoms with Gasteiger partial charge in [-0.05, 0) is 38.1 Å². The highest BCUT2D eigenvalue weighted by molar-refractivity contribution is 7.90. The first kappa shape index (κ1) is 20.6. The molecule has 0 radical (unpaired) electrons. The second-order valence-corrected chi connectivity index (χ2v) is 8.02. The van der Waals surface area contributed by atoms with Crippen LogP contribution in [0.4, 0.5) is 0 Å². The summed E-state index contributed by atoms with van der Waals surface area (Å²) in [7, 11) is -3.36. The smallest absolute Gasteiger partial charge is 0.339 e. The van der Waals surface area contributed by atoms with E-state index < -0.39 is 21.9 Å². The van der Waals surface area contributed by atoms with E-state index in [-0.39, 0.29) is 16.4 Å². The molecule has 1 amide bonds. The monoisotopic (exact) mass is 389 g/mol. The second-order valence-electron chi connectivity index (χ2n) is 6.00. The summed E-state index contributed by atoms with van der Waals surface area (Å²) in [5.74, 6) is -0.989. The largest absolute Gasteiger partial charge is 0.444 e. The molecule has 144 valence electrons. The summed E-state index contributed by atoms with van der Waals surface area (Å²) in [6, 6.07) is 14.3. The van der Waals surface area contributed by atoms with Crippen molar-refractivity contribution in [3.05, 3.63) is 65.7 Å². The standard InChI is InChI=1S/C20H23NO5S/c1-4-21(5-2)19(22)18(15-9-7-6-8-10-15)26-20(23)16-11-13-17(14-12-16)27(3,24)25/h6-14,18H,4-5H2,1-3H3/t18-/m1/s1. The van der Waals surface area contributed by atoms with Gasteiger partial charge in [-0.1, -0.05) is 30.3 Å². The molecule has 6 nitrogen and oxygen atoms in total. The first-order valence-electron chi connectivity index (χ1n) is 8.62. The Morgan fingerprint density at radius 1 is 0.963 bits per heavy atom. The maximum Gasteiger partial charge on any atom is 0.339 e. The minimum atomic E-state index is -3.36. The van der Waals surface area contributed by atoms with Crippen LogP contribution in [0.25, 0.3) is 0 Å². The fourth-order valence-electron chi connectivity index (χ4n) is 2.60. The number of ether oxygens (including phenoxy) is 1. The van der Waals surface area contributed by atoms with Gasteiger partial charge in [0, 0.05) is 24.9 Å². The lowest BCUT2D eigenvalue weighted by molar-refractivity contribution is -0.140. The number of likely N-dealkylation sites (N-methyl/N-ethyl adjacent to an activating group) is 1. The van der Waals surface area contributed by atoms with Crippen molar-refractivity contribution in [3.8, 4) is 0 Å². The van der Waals surface area contributed by atoms with Gasteiger partial charge in [0.1, 0.15) is 0 Å². The van der Waals surface area contributed by atoms with Crippen molar-refractivity contribution < 1.29 is 22.7 Å². The Morgan fingerprint density at radius 2 is 1.52 bits per heavy atom. The minimum absolute atomic E-state index is 0.109. The van der Waals surface area contributed by atoms with Gasteiger partial charge in [0.15, 0.2) is 9.84 Å². The molecule has 0 heterocycles. The molecular weight excluding hydrogens is 366 g/mol. The van der Waals surface area contributed by atoms with E-state index in [4.69, 9.17) is 4.74 Å². The third-order valence-electron chi connectivity index (χ3n) is 4.14. The fourth-order valence-corrected chi connectivity index (χ4v) is 3.23. The van der Waals surface area contributed by atoms with Crippen LogP contribution in [-0.2, 0) is 19.4 Å². The van der Waals surface area contributed by atoms with Crippen LogP contribution in [0, 0.1) is 0 Å². The summed E-state index contributed by atoms with van der Waals surface area (Å²) < 4.78 is 28.6. The number of hydrogen-bond donors (Lipinski definition) is 0. The maximum atomic E-state index is 12.8. The molecule has 0 aliphatic carbocycles. The van der Waals surface area contributed by atoms with Crippen molar-refractivity contribution in [1.82, 2.24) is 4.90 Å². The first-order valence-corrected chi connectivity index (χ1v) is 10.5. The molecule has 2 aromatic carbocycles. The third kappa shape index (κ3) is 5.17. The summed E-state index contributed by atoms with van der Waals surface area (Å²) in [4.78, 5) is 27.1. The van der Waals surface area contributed by atoms with E-state index in [1.54, 1.807) is 29.2 Å². The van der Waals surface area contributed by atoms with Gasteiger partial charge in [0.05, 0.1) is 10.5 Å². The summed E-state index contributed by atoms with van der Waals surface area (Å²) in [5.41, 5.74) is 0.756. The van der Waals surface area contributed by atoms with Crippen LogP contribution in [-0.4, -0.2) is 44.5 Å². The number of esters is 1. The average molecular weight is 389 g/mol. The zero-order valence-corrected chi connectivity index (χ0v) is 16.4. The summed E-state index contributed by atoms with van der Waals surface area (Å²) >= 11 is 0. The fraction of sp³-hybridized carbons (Fsp3) is 0.300. The molecule has 0 unspecified atom stereocenters. The zero-order valence-electron chi connectivity index (χ0n) is 15.6. The number of sulfone groups is 1. The normalized spacial score (nSPS) is 12.3. The van der Waals surface area contributed by atoms with Crippen LogP contribution in [0.2, 0.25) is 0 Å². The van der Waals surface area contributed by atoms with Gasteiger partial charge in [0.25, 0.3) is 5.91 Å². The van der Waals surface area contributed by atoms with Crippen LogP contribution in [0.1, 0.15) is 35.9 Å². The van der Waals surface area contributed by atoms with Crippen molar-refractivity contribution >= 4 is 21.7 Å². The first-order chi connectivity index (χ1) is 12.8. The predicted molar refractivity (Wildman–Crippen MR) is 102 cm³/mol. The Balaban J connectivity index is 2.29. The topological polar surface area (TPSA) is 80.8 Å². The van der Waals surface area contributed by atoms with E-state index in [9.17, 15) is 18.0 Å². The number of carbonyl (C=O) groups excluding carboxylic acids is 2. The van der Waals surface area contributed by atoms with E-state index in [2.05, 4.69) is 0 Å².